The van der Waals surface area contributed by atoms with Crippen LogP contribution in [0.1, 0.15) is 19.3 Å². The molecule has 0 aromatic rings. The first-order valence-corrected chi connectivity index (χ1v) is 4.50. The molecule has 0 aromatic carbocycles. The highest BCUT2D eigenvalue weighted by Gasteiger charge is 2.09. The Labute approximate surface area is 83.1 Å². The third-order valence-electron chi connectivity index (χ3n) is 1.65. The number of hydrogen-bond donors (Lipinski definition) is 3. The van der Waals surface area contributed by atoms with Gasteiger partial charge < -0.3 is 10.1 Å². The first-order chi connectivity index (χ1) is 6.72. The summed E-state index contributed by atoms with van der Waals surface area (Å²) in [4.78, 5) is 21.4. The minimum absolute atomic E-state index is 0.482. The van der Waals surface area contributed by atoms with E-state index in [4.69, 9.17) is 10.6 Å². The summed E-state index contributed by atoms with van der Waals surface area (Å²) in [6.45, 7) is 1.20. The van der Waals surface area contributed by atoms with Crippen molar-refractivity contribution >= 4 is 11.8 Å². The molecule has 0 aliphatic rings. The predicted molar refractivity (Wildman–Crippen MR) is 51.1 cm³/mol. The minimum atomic E-state index is -0.818. The second-order valence-corrected chi connectivity index (χ2v) is 2.78. The van der Waals surface area contributed by atoms with Crippen molar-refractivity contribution in [2.75, 3.05) is 20.3 Å². The van der Waals surface area contributed by atoms with Crippen molar-refractivity contribution in [3.05, 3.63) is 0 Å². The van der Waals surface area contributed by atoms with E-state index in [0.717, 1.165) is 25.9 Å². The number of nitrogens with two attached hydrogens (primary N) is 1. The van der Waals surface area contributed by atoms with E-state index in [-0.39, 0.29) is 0 Å². The number of nitrogens with one attached hydrogen (secondary N) is 2. The largest absolute Gasteiger partial charge is 0.385 e. The number of hydrogen-bond acceptors (Lipinski definition) is 4. The Morgan fingerprint density at radius 2 is 1.93 bits per heavy atom. The van der Waals surface area contributed by atoms with Crippen molar-refractivity contribution in [2.24, 2.45) is 5.84 Å². The van der Waals surface area contributed by atoms with Crippen molar-refractivity contribution in [3.8, 4) is 0 Å². The number of hydrazine groups is 1. The van der Waals surface area contributed by atoms with Crippen molar-refractivity contribution < 1.29 is 14.3 Å². The van der Waals surface area contributed by atoms with Crippen LogP contribution in [-0.4, -0.2) is 32.1 Å². The molecule has 0 fully saturated rings. The Hall–Kier alpha value is -1.14. The van der Waals surface area contributed by atoms with E-state index < -0.39 is 11.8 Å². The Morgan fingerprint density at radius 3 is 2.50 bits per heavy atom. The predicted octanol–water partition coefficient (Wildman–Crippen LogP) is -1.09. The molecule has 4 N–H and O–H groups in total. The fourth-order valence-electron chi connectivity index (χ4n) is 0.896. The van der Waals surface area contributed by atoms with E-state index in [1.165, 1.54) is 0 Å². The number of ether oxygens (including phenoxy) is 1. The maximum atomic E-state index is 10.8. The van der Waals surface area contributed by atoms with Crippen LogP contribution in [0, 0.1) is 0 Å². The van der Waals surface area contributed by atoms with Gasteiger partial charge in [0.25, 0.3) is 0 Å². The molecule has 82 valence electrons. The van der Waals surface area contributed by atoms with Gasteiger partial charge in [-0.25, -0.2) is 5.84 Å². The van der Waals surface area contributed by atoms with Crippen LogP contribution in [0.15, 0.2) is 0 Å². The van der Waals surface area contributed by atoms with Gasteiger partial charge in [0.15, 0.2) is 0 Å². The topological polar surface area (TPSA) is 93.4 Å². The van der Waals surface area contributed by atoms with Crippen LogP contribution in [0.2, 0.25) is 0 Å². The molecule has 0 saturated carbocycles. The molecule has 0 aliphatic carbocycles. The number of unbranched alkanes of at least 4 members (excludes halogenated alkanes) is 2. The molecule has 14 heavy (non-hydrogen) atoms. The van der Waals surface area contributed by atoms with Gasteiger partial charge in [0.1, 0.15) is 0 Å². The van der Waals surface area contributed by atoms with Crippen LogP contribution in [-0.2, 0) is 14.3 Å². The fraction of sp³-hybridized carbons (Fsp3) is 0.750. The first-order valence-electron chi connectivity index (χ1n) is 4.50. The fourth-order valence-corrected chi connectivity index (χ4v) is 0.896. The third-order valence-corrected chi connectivity index (χ3v) is 1.65. The molecular weight excluding hydrogens is 186 g/mol. The van der Waals surface area contributed by atoms with Gasteiger partial charge in [-0.3, -0.25) is 15.0 Å². The van der Waals surface area contributed by atoms with Crippen molar-refractivity contribution in [1.82, 2.24) is 10.7 Å². The molecule has 0 bridgehead atoms. The lowest BCUT2D eigenvalue weighted by atomic mass is 10.2. The number of amides is 2. The molecule has 0 aliphatic heterocycles. The van der Waals surface area contributed by atoms with Crippen molar-refractivity contribution in [3.63, 3.8) is 0 Å². The van der Waals surface area contributed by atoms with E-state index in [1.807, 2.05) is 0 Å². The zero-order valence-corrected chi connectivity index (χ0v) is 8.34. The van der Waals surface area contributed by atoms with Crippen LogP contribution in [0.4, 0.5) is 0 Å². The van der Waals surface area contributed by atoms with E-state index in [1.54, 1.807) is 12.5 Å². The van der Waals surface area contributed by atoms with Gasteiger partial charge in [-0.1, -0.05) is 0 Å². The number of carbonyl (C=O) groups excluding carboxylic acids is 2. The quantitative estimate of drug-likeness (QED) is 0.168. The van der Waals surface area contributed by atoms with Crippen LogP contribution in [0.3, 0.4) is 0 Å². The Balaban J connectivity index is 3.27. The summed E-state index contributed by atoms with van der Waals surface area (Å²) in [7, 11) is 1.65. The zero-order valence-electron chi connectivity index (χ0n) is 8.34. The second kappa shape index (κ2) is 8.46. The normalized spacial score (nSPS) is 9.57. The highest BCUT2D eigenvalue weighted by atomic mass is 16.5. The highest BCUT2D eigenvalue weighted by molar-refractivity contribution is 6.34. The Morgan fingerprint density at radius 1 is 1.21 bits per heavy atom. The molecule has 6 nitrogen and oxygen atoms in total. The summed E-state index contributed by atoms with van der Waals surface area (Å²) in [5.41, 5.74) is 1.75. The Kier molecular flexibility index (Phi) is 7.77. The number of rotatable bonds is 6. The zero-order chi connectivity index (χ0) is 10.8. The minimum Gasteiger partial charge on any atom is -0.385 e. The molecule has 0 rings (SSSR count). The van der Waals surface area contributed by atoms with Gasteiger partial charge in [-0.05, 0) is 19.3 Å². The molecule has 0 saturated heterocycles. The van der Waals surface area contributed by atoms with Crippen molar-refractivity contribution in [1.29, 1.82) is 0 Å². The summed E-state index contributed by atoms with van der Waals surface area (Å²) >= 11 is 0. The average Bonchev–Trinajstić information content (AvgIpc) is 2.21. The van der Waals surface area contributed by atoms with Crippen LogP contribution in [0.5, 0.6) is 0 Å². The summed E-state index contributed by atoms with van der Waals surface area (Å²) in [5.74, 6) is 3.25. The van der Waals surface area contributed by atoms with E-state index in [2.05, 4.69) is 5.32 Å². The van der Waals surface area contributed by atoms with Gasteiger partial charge in [0.2, 0.25) is 0 Å². The molecule has 0 heterocycles. The second-order valence-electron chi connectivity index (χ2n) is 2.78. The molecule has 0 aromatic heterocycles. The van der Waals surface area contributed by atoms with Gasteiger partial charge in [-0.15, -0.1) is 0 Å². The molecule has 0 radical (unpaired) electrons. The van der Waals surface area contributed by atoms with E-state index >= 15 is 0 Å². The maximum Gasteiger partial charge on any atom is 0.323 e. The van der Waals surface area contributed by atoms with Gasteiger partial charge in [-0.2, -0.15) is 0 Å². The monoisotopic (exact) mass is 203 g/mol. The lowest BCUT2D eigenvalue weighted by Crippen LogP contribution is -2.43. The Bertz CT molecular complexity index is 185. The smallest absolute Gasteiger partial charge is 0.323 e. The molecule has 0 atom stereocenters. The van der Waals surface area contributed by atoms with Crippen molar-refractivity contribution in [2.45, 2.75) is 19.3 Å². The molecule has 0 unspecified atom stereocenters. The standard InChI is InChI=1S/C8H17N3O3/c1-14-6-4-2-3-5-10-7(12)8(13)11-9/h2-6,9H2,1H3,(H,10,12)(H,11,13). The number of methoxy groups -OCH3 is 1. The molecule has 2 amide bonds. The molecule has 6 heteroatoms. The summed E-state index contributed by atoms with van der Waals surface area (Å²) in [5, 5.41) is 2.44. The SMILES string of the molecule is COCCCCCNC(=O)C(=O)NN. The molecular formula is C8H17N3O3. The van der Waals surface area contributed by atoms with Gasteiger partial charge in [0.05, 0.1) is 0 Å². The third kappa shape index (κ3) is 6.38. The lowest BCUT2D eigenvalue weighted by Gasteiger charge is -2.03. The summed E-state index contributed by atoms with van der Waals surface area (Å²) in [6.07, 6.45) is 2.74. The first kappa shape index (κ1) is 12.9. The van der Waals surface area contributed by atoms with Crippen LogP contribution in [0.25, 0.3) is 0 Å². The van der Waals surface area contributed by atoms with E-state index in [0.29, 0.717) is 6.54 Å². The lowest BCUT2D eigenvalue weighted by molar-refractivity contribution is -0.139. The summed E-state index contributed by atoms with van der Waals surface area (Å²) < 4.78 is 4.86. The maximum absolute atomic E-state index is 10.8. The summed E-state index contributed by atoms with van der Waals surface area (Å²) in [6, 6.07) is 0. The van der Waals surface area contributed by atoms with Gasteiger partial charge in [0, 0.05) is 20.3 Å². The van der Waals surface area contributed by atoms with Crippen LogP contribution >= 0.6 is 0 Å². The number of carbonyl (C=O) groups is 2. The van der Waals surface area contributed by atoms with Gasteiger partial charge >= 0.3 is 11.8 Å². The van der Waals surface area contributed by atoms with Crippen LogP contribution < -0.4 is 16.6 Å². The highest BCUT2D eigenvalue weighted by Crippen LogP contribution is 1.93. The molecule has 0 spiro atoms. The average molecular weight is 203 g/mol. The van der Waals surface area contributed by atoms with E-state index in [9.17, 15) is 9.59 Å².